The van der Waals surface area contributed by atoms with Crippen molar-refractivity contribution in [3.63, 3.8) is 0 Å². The molecule has 2 rings (SSSR count). The van der Waals surface area contributed by atoms with Crippen molar-refractivity contribution in [1.29, 1.82) is 0 Å². The van der Waals surface area contributed by atoms with Gasteiger partial charge in [-0.15, -0.1) is 0 Å². The minimum Gasteiger partial charge on any atom is -0.379 e. The summed E-state index contributed by atoms with van der Waals surface area (Å²) in [5, 5.41) is 3.59. The van der Waals surface area contributed by atoms with Crippen molar-refractivity contribution in [1.82, 2.24) is 10.2 Å². The standard InChI is InChI=1S/C15H24N2O/c1-13-4-3-5-15(12-13)14(2)16-6-7-17-8-10-18-11-9-17/h3-5,12,14,16H,6-11H2,1-2H3/t14-/m1/s1. The quantitative estimate of drug-likeness (QED) is 0.862. The first-order valence-corrected chi connectivity index (χ1v) is 6.86. The predicted octanol–water partition coefficient (Wildman–Crippen LogP) is 1.98. The number of benzene rings is 1. The van der Waals surface area contributed by atoms with E-state index in [9.17, 15) is 0 Å². The third-order valence-electron chi connectivity index (χ3n) is 3.52. The molecular formula is C15H24N2O. The Morgan fingerprint density at radius 1 is 1.33 bits per heavy atom. The van der Waals surface area contributed by atoms with Crippen LogP contribution >= 0.6 is 0 Å². The lowest BCUT2D eigenvalue weighted by Gasteiger charge is -2.27. The molecule has 0 bridgehead atoms. The lowest BCUT2D eigenvalue weighted by atomic mass is 10.1. The third-order valence-corrected chi connectivity index (χ3v) is 3.52. The van der Waals surface area contributed by atoms with Crippen molar-refractivity contribution >= 4 is 0 Å². The largest absolute Gasteiger partial charge is 0.379 e. The topological polar surface area (TPSA) is 24.5 Å². The second kappa shape index (κ2) is 6.88. The van der Waals surface area contributed by atoms with Crippen molar-refractivity contribution in [2.24, 2.45) is 0 Å². The predicted molar refractivity (Wildman–Crippen MR) is 74.9 cm³/mol. The summed E-state index contributed by atoms with van der Waals surface area (Å²) in [6.45, 7) is 10.4. The molecule has 0 amide bonds. The van der Waals surface area contributed by atoms with Crippen LogP contribution in [0.4, 0.5) is 0 Å². The molecule has 18 heavy (non-hydrogen) atoms. The van der Waals surface area contributed by atoms with Gasteiger partial charge in [-0.05, 0) is 19.4 Å². The van der Waals surface area contributed by atoms with Crippen LogP contribution < -0.4 is 5.32 Å². The van der Waals surface area contributed by atoms with Gasteiger partial charge in [-0.2, -0.15) is 0 Å². The average Bonchev–Trinajstić information content (AvgIpc) is 2.40. The van der Waals surface area contributed by atoms with E-state index >= 15 is 0 Å². The smallest absolute Gasteiger partial charge is 0.0594 e. The SMILES string of the molecule is Cc1cccc([C@@H](C)NCCN2CCOCC2)c1. The molecule has 1 atom stereocenters. The molecule has 0 spiro atoms. The first kappa shape index (κ1) is 13.5. The van der Waals surface area contributed by atoms with E-state index in [-0.39, 0.29) is 0 Å². The van der Waals surface area contributed by atoms with Gasteiger partial charge in [0.15, 0.2) is 0 Å². The van der Waals surface area contributed by atoms with Gasteiger partial charge in [-0.25, -0.2) is 0 Å². The van der Waals surface area contributed by atoms with Gasteiger partial charge in [-0.1, -0.05) is 29.8 Å². The zero-order valence-electron chi connectivity index (χ0n) is 11.5. The van der Waals surface area contributed by atoms with Crippen LogP contribution in [0.3, 0.4) is 0 Å². The van der Waals surface area contributed by atoms with Crippen LogP contribution in [0.25, 0.3) is 0 Å². The second-order valence-electron chi connectivity index (χ2n) is 5.04. The van der Waals surface area contributed by atoms with E-state index in [0.717, 1.165) is 39.4 Å². The monoisotopic (exact) mass is 248 g/mol. The first-order valence-electron chi connectivity index (χ1n) is 6.86. The van der Waals surface area contributed by atoms with E-state index in [1.54, 1.807) is 0 Å². The maximum absolute atomic E-state index is 5.35. The highest BCUT2D eigenvalue weighted by Gasteiger charge is 2.10. The van der Waals surface area contributed by atoms with Crippen molar-refractivity contribution < 1.29 is 4.74 Å². The Labute approximate surface area is 110 Å². The maximum Gasteiger partial charge on any atom is 0.0594 e. The van der Waals surface area contributed by atoms with Gasteiger partial charge in [-0.3, -0.25) is 4.90 Å². The molecule has 1 fully saturated rings. The molecule has 0 aliphatic carbocycles. The number of ether oxygens (including phenoxy) is 1. The lowest BCUT2D eigenvalue weighted by Crippen LogP contribution is -2.40. The van der Waals surface area contributed by atoms with Gasteiger partial charge < -0.3 is 10.1 Å². The summed E-state index contributed by atoms with van der Waals surface area (Å²) >= 11 is 0. The number of hydrogen-bond acceptors (Lipinski definition) is 3. The van der Waals surface area contributed by atoms with Gasteiger partial charge in [0.2, 0.25) is 0 Å². The van der Waals surface area contributed by atoms with Gasteiger partial charge in [0, 0.05) is 32.2 Å². The number of nitrogens with zero attached hydrogens (tertiary/aromatic N) is 1. The molecule has 3 nitrogen and oxygen atoms in total. The molecule has 1 aliphatic rings. The molecule has 100 valence electrons. The summed E-state index contributed by atoms with van der Waals surface area (Å²) in [4.78, 5) is 2.46. The molecule has 1 saturated heterocycles. The van der Waals surface area contributed by atoms with Gasteiger partial charge >= 0.3 is 0 Å². The summed E-state index contributed by atoms with van der Waals surface area (Å²) in [6, 6.07) is 9.14. The van der Waals surface area contributed by atoms with Gasteiger partial charge in [0.05, 0.1) is 13.2 Å². The van der Waals surface area contributed by atoms with E-state index in [1.807, 2.05) is 0 Å². The fourth-order valence-electron chi connectivity index (χ4n) is 2.32. The third kappa shape index (κ3) is 4.09. The summed E-state index contributed by atoms with van der Waals surface area (Å²) < 4.78 is 5.35. The number of hydrogen-bond donors (Lipinski definition) is 1. The summed E-state index contributed by atoms with van der Waals surface area (Å²) in [5.74, 6) is 0. The normalized spacial score (nSPS) is 18.8. The fraction of sp³-hybridized carbons (Fsp3) is 0.600. The molecule has 0 saturated carbocycles. The van der Waals surface area contributed by atoms with Gasteiger partial charge in [0.1, 0.15) is 0 Å². The highest BCUT2D eigenvalue weighted by molar-refractivity contribution is 5.24. The number of aryl methyl sites for hydroxylation is 1. The second-order valence-corrected chi connectivity index (χ2v) is 5.04. The van der Waals surface area contributed by atoms with E-state index in [4.69, 9.17) is 4.74 Å². The molecule has 1 aliphatic heterocycles. The van der Waals surface area contributed by atoms with Crippen LogP contribution in [0.1, 0.15) is 24.1 Å². The molecule has 0 unspecified atom stereocenters. The van der Waals surface area contributed by atoms with E-state index in [0.29, 0.717) is 6.04 Å². The minimum absolute atomic E-state index is 0.422. The maximum atomic E-state index is 5.35. The molecule has 1 N–H and O–H groups in total. The molecule has 1 aromatic carbocycles. The van der Waals surface area contributed by atoms with E-state index < -0.39 is 0 Å². The highest BCUT2D eigenvalue weighted by atomic mass is 16.5. The molecule has 0 aromatic heterocycles. The molecule has 0 radical (unpaired) electrons. The number of nitrogens with one attached hydrogen (secondary N) is 1. The van der Waals surface area contributed by atoms with Crippen LogP contribution in [0.5, 0.6) is 0 Å². The number of morpholine rings is 1. The van der Waals surface area contributed by atoms with Crippen molar-refractivity contribution in [3.8, 4) is 0 Å². The fourth-order valence-corrected chi connectivity index (χ4v) is 2.32. The highest BCUT2D eigenvalue weighted by Crippen LogP contribution is 2.13. The Hall–Kier alpha value is -0.900. The Balaban J connectivity index is 1.72. The first-order chi connectivity index (χ1) is 8.75. The van der Waals surface area contributed by atoms with Gasteiger partial charge in [0.25, 0.3) is 0 Å². The van der Waals surface area contributed by atoms with Crippen molar-refractivity contribution in [2.75, 3.05) is 39.4 Å². The van der Waals surface area contributed by atoms with Crippen LogP contribution in [-0.4, -0.2) is 44.3 Å². The molecule has 3 heteroatoms. The van der Waals surface area contributed by atoms with Crippen molar-refractivity contribution in [2.45, 2.75) is 19.9 Å². The van der Waals surface area contributed by atoms with Crippen LogP contribution in [0.2, 0.25) is 0 Å². The Kier molecular flexibility index (Phi) is 5.17. The Morgan fingerprint density at radius 3 is 2.83 bits per heavy atom. The molecular weight excluding hydrogens is 224 g/mol. The zero-order valence-corrected chi connectivity index (χ0v) is 11.5. The van der Waals surface area contributed by atoms with Crippen molar-refractivity contribution in [3.05, 3.63) is 35.4 Å². The van der Waals surface area contributed by atoms with Crippen LogP contribution in [0.15, 0.2) is 24.3 Å². The molecule has 1 aromatic rings. The van der Waals surface area contributed by atoms with E-state index in [2.05, 4.69) is 48.3 Å². The lowest BCUT2D eigenvalue weighted by molar-refractivity contribution is 0.0382. The molecule has 1 heterocycles. The minimum atomic E-state index is 0.422. The number of rotatable bonds is 5. The van der Waals surface area contributed by atoms with Crippen LogP contribution in [-0.2, 0) is 4.74 Å². The summed E-state index contributed by atoms with van der Waals surface area (Å²) in [7, 11) is 0. The van der Waals surface area contributed by atoms with E-state index in [1.165, 1.54) is 11.1 Å². The Morgan fingerprint density at radius 2 is 2.11 bits per heavy atom. The summed E-state index contributed by atoms with van der Waals surface area (Å²) in [6.07, 6.45) is 0. The Bertz CT molecular complexity index is 361. The summed E-state index contributed by atoms with van der Waals surface area (Å²) in [5.41, 5.74) is 2.70. The average molecular weight is 248 g/mol. The zero-order chi connectivity index (χ0) is 12.8. The van der Waals surface area contributed by atoms with Crippen LogP contribution in [0, 0.1) is 6.92 Å².